The van der Waals surface area contributed by atoms with Gasteiger partial charge in [-0.3, -0.25) is 9.25 Å². The topological polar surface area (TPSA) is 92.5 Å². The summed E-state index contributed by atoms with van der Waals surface area (Å²) in [6.45, 7) is 4.69. The first-order valence-electron chi connectivity index (χ1n) is 6.41. The Hall–Kier alpha value is -1.24. The summed E-state index contributed by atoms with van der Waals surface area (Å²) in [7, 11) is -1.75. The average molecular weight is 305 g/mol. The molecule has 0 unspecified atom stereocenters. The van der Waals surface area contributed by atoms with Gasteiger partial charge in [0.15, 0.2) is 5.69 Å². The number of aryl methyl sites for hydroxylation is 1. The second kappa shape index (κ2) is 8.14. The van der Waals surface area contributed by atoms with E-state index in [0.717, 1.165) is 0 Å². The predicted molar refractivity (Wildman–Crippen MR) is 71.7 cm³/mol. The number of nitrogens with zero attached hydrogens (tertiary/aromatic N) is 3. The summed E-state index contributed by atoms with van der Waals surface area (Å²) >= 11 is 0. The third kappa shape index (κ3) is 5.03. The third-order valence-electron chi connectivity index (χ3n) is 2.40. The lowest BCUT2D eigenvalue weighted by Crippen LogP contribution is -2.05. The van der Waals surface area contributed by atoms with Crippen LogP contribution in [0.1, 0.15) is 30.8 Å². The molecule has 0 radical (unpaired) electrons. The molecule has 0 aliphatic carbocycles. The summed E-state index contributed by atoms with van der Waals surface area (Å²) in [5, 5.41) is 7.47. The fourth-order valence-electron chi connectivity index (χ4n) is 1.59. The number of carbonyl (C=O) groups excluding carboxylic acids is 1. The number of ether oxygens (including phenoxy) is 1. The first-order chi connectivity index (χ1) is 9.54. The van der Waals surface area contributed by atoms with Crippen molar-refractivity contribution in [1.29, 1.82) is 0 Å². The second-order valence-electron chi connectivity index (χ2n) is 3.88. The Bertz CT molecular complexity index is 466. The van der Waals surface area contributed by atoms with Crippen LogP contribution in [0.4, 0.5) is 0 Å². The maximum absolute atomic E-state index is 12.2. The van der Waals surface area contributed by atoms with Crippen molar-refractivity contribution < 1.29 is 23.1 Å². The van der Waals surface area contributed by atoms with E-state index >= 15 is 0 Å². The lowest BCUT2D eigenvalue weighted by molar-refractivity contribution is 0.0594. The van der Waals surface area contributed by atoms with Gasteiger partial charge in [0.05, 0.1) is 32.7 Å². The van der Waals surface area contributed by atoms with Crippen LogP contribution in [-0.4, -0.2) is 47.4 Å². The lowest BCUT2D eigenvalue weighted by Gasteiger charge is -2.16. The molecule has 0 spiro atoms. The smallest absolute Gasteiger partial charge is 0.360 e. The van der Waals surface area contributed by atoms with Crippen LogP contribution in [0.3, 0.4) is 0 Å². The van der Waals surface area contributed by atoms with Gasteiger partial charge in [0.2, 0.25) is 0 Å². The van der Waals surface area contributed by atoms with E-state index in [1.54, 1.807) is 13.8 Å². The molecule has 0 saturated carbocycles. The largest absolute Gasteiger partial charge is 0.464 e. The van der Waals surface area contributed by atoms with Gasteiger partial charge in [-0.25, -0.2) is 4.79 Å². The third-order valence-corrected chi connectivity index (χ3v) is 4.57. The van der Waals surface area contributed by atoms with E-state index < -0.39 is 13.6 Å². The molecule has 8 nitrogen and oxygen atoms in total. The highest BCUT2D eigenvalue weighted by Gasteiger charge is 2.22. The van der Waals surface area contributed by atoms with Crippen molar-refractivity contribution in [2.45, 2.75) is 26.8 Å². The zero-order valence-electron chi connectivity index (χ0n) is 11.9. The van der Waals surface area contributed by atoms with Crippen LogP contribution in [0.15, 0.2) is 6.20 Å². The van der Waals surface area contributed by atoms with Gasteiger partial charge in [0, 0.05) is 6.54 Å². The van der Waals surface area contributed by atoms with Crippen LogP contribution in [0.2, 0.25) is 0 Å². The van der Waals surface area contributed by atoms with Gasteiger partial charge in [-0.15, -0.1) is 5.10 Å². The molecule has 0 fully saturated rings. The molecule has 0 aliphatic heterocycles. The van der Waals surface area contributed by atoms with Crippen molar-refractivity contribution in [3.8, 4) is 0 Å². The van der Waals surface area contributed by atoms with Crippen molar-refractivity contribution in [3.05, 3.63) is 11.9 Å². The zero-order chi connectivity index (χ0) is 15.0. The van der Waals surface area contributed by atoms with E-state index in [0.29, 0.717) is 32.3 Å². The maximum atomic E-state index is 12.2. The van der Waals surface area contributed by atoms with Gasteiger partial charge < -0.3 is 13.8 Å². The van der Waals surface area contributed by atoms with Gasteiger partial charge in [-0.1, -0.05) is 5.21 Å². The first kappa shape index (κ1) is 16.8. The number of hydrogen-bond donors (Lipinski definition) is 0. The Morgan fingerprint density at radius 2 is 2.00 bits per heavy atom. The highest BCUT2D eigenvalue weighted by Crippen LogP contribution is 2.48. The SMILES string of the molecule is CCOP(=O)(CCCn1cc(C(=O)OC)nn1)OCC. The zero-order valence-corrected chi connectivity index (χ0v) is 12.8. The van der Waals surface area contributed by atoms with Gasteiger partial charge in [0.1, 0.15) is 0 Å². The molecular weight excluding hydrogens is 285 g/mol. The molecule has 0 bridgehead atoms. The van der Waals surface area contributed by atoms with Crippen molar-refractivity contribution >= 4 is 13.6 Å². The van der Waals surface area contributed by atoms with Crippen LogP contribution in [0.25, 0.3) is 0 Å². The molecule has 0 aliphatic rings. The minimum atomic E-state index is -3.03. The maximum Gasteiger partial charge on any atom is 0.360 e. The van der Waals surface area contributed by atoms with Gasteiger partial charge in [-0.05, 0) is 20.3 Å². The summed E-state index contributed by atoms with van der Waals surface area (Å²) in [6.07, 6.45) is 2.32. The Kier molecular flexibility index (Phi) is 6.84. The van der Waals surface area contributed by atoms with Crippen LogP contribution in [0, 0.1) is 0 Å². The van der Waals surface area contributed by atoms with Crippen molar-refractivity contribution in [1.82, 2.24) is 15.0 Å². The average Bonchev–Trinajstić information content (AvgIpc) is 2.87. The van der Waals surface area contributed by atoms with Crippen LogP contribution >= 0.6 is 7.60 Å². The normalized spacial score (nSPS) is 11.6. The molecule has 0 N–H and O–H groups in total. The standard InChI is InChI=1S/C11H20N3O5P/c1-4-18-20(16,19-5-2)8-6-7-14-9-10(12-13-14)11(15)17-3/h9H,4-8H2,1-3H3. The van der Waals surface area contributed by atoms with E-state index in [4.69, 9.17) is 9.05 Å². The molecule has 1 heterocycles. The number of rotatable bonds is 9. The number of carbonyl (C=O) groups is 1. The summed E-state index contributed by atoms with van der Waals surface area (Å²) in [4.78, 5) is 11.2. The molecule has 1 rings (SSSR count). The highest BCUT2D eigenvalue weighted by molar-refractivity contribution is 7.53. The molecule has 114 valence electrons. The minimum Gasteiger partial charge on any atom is -0.464 e. The summed E-state index contributed by atoms with van der Waals surface area (Å²) in [6, 6.07) is 0. The van der Waals surface area contributed by atoms with Crippen LogP contribution in [-0.2, 0) is 24.9 Å². The molecule has 0 atom stereocenters. The van der Waals surface area contributed by atoms with Gasteiger partial charge in [0.25, 0.3) is 0 Å². The van der Waals surface area contributed by atoms with Crippen LogP contribution in [0.5, 0.6) is 0 Å². The van der Waals surface area contributed by atoms with E-state index in [2.05, 4.69) is 15.0 Å². The number of hydrogen-bond acceptors (Lipinski definition) is 7. The molecule has 0 saturated heterocycles. The minimum absolute atomic E-state index is 0.144. The number of aromatic nitrogens is 3. The summed E-state index contributed by atoms with van der Waals surface area (Å²) in [5.74, 6) is -0.537. The van der Waals surface area contributed by atoms with E-state index in [9.17, 15) is 9.36 Å². The molecule has 1 aromatic rings. The Morgan fingerprint density at radius 1 is 1.35 bits per heavy atom. The fourth-order valence-corrected chi connectivity index (χ4v) is 3.24. The van der Waals surface area contributed by atoms with Crippen LogP contribution < -0.4 is 0 Å². The lowest BCUT2D eigenvalue weighted by atomic mass is 10.4. The van der Waals surface area contributed by atoms with Crippen molar-refractivity contribution in [3.63, 3.8) is 0 Å². The summed E-state index contributed by atoms with van der Waals surface area (Å²) < 4.78 is 28.6. The van der Waals surface area contributed by atoms with E-state index in [1.165, 1.54) is 18.0 Å². The summed E-state index contributed by atoms with van der Waals surface area (Å²) in [5.41, 5.74) is 0.144. The molecule has 9 heteroatoms. The fraction of sp³-hybridized carbons (Fsp3) is 0.727. The van der Waals surface area contributed by atoms with E-state index in [-0.39, 0.29) is 5.69 Å². The number of esters is 1. The van der Waals surface area contributed by atoms with Gasteiger partial charge >= 0.3 is 13.6 Å². The highest BCUT2D eigenvalue weighted by atomic mass is 31.2. The quantitative estimate of drug-likeness (QED) is 0.506. The first-order valence-corrected chi connectivity index (χ1v) is 8.14. The monoisotopic (exact) mass is 305 g/mol. The number of methoxy groups -OCH3 is 1. The molecule has 0 amide bonds. The Morgan fingerprint density at radius 3 is 2.55 bits per heavy atom. The van der Waals surface area contributed by atoms with Crippen molar-refractivity contribution in [2.24, 2.45) is 0 Å². The second-order valence-corrected chi connectivity index (χ2v) is 6.07. The van der Waals surface area contributed by atoms with Crippen molar-refractivity contribution in [2.75, 3.05) is 26.5 Å². The molecule has 0 aromatic carbocycles. The molecular formula is C11H20N3O5P. The molecule has 1 aromatic heterocycles. The van der Waals surface area contributed by atoms with E-state index in [1.807, 2.05) is 0 Å². The predicted octanol–water partition coefficient (Wildman–Crippen LogP) is 1.72. The Balaban J connectivity index is 2.48. The molecule has 20 heavy (non-hydrogen) atoms. The van der Waals surface area contributed by atoms with Gasteiger partial charge in [-0.2, -0.15) is 0 Å². The Labute approximate surface area is 117 Å².